The van der Waals surface area contributed by atoms with E-state index in [1.54, 1.807) is 14.1 Å². The summed E-state index contributed by atoms with van der Waals surface area (Å²) in [6.07, 6.45) is -0.546. The minimum Gasteiger partial charge on any atom is -0.507 e. The lowest BCUT2D eigenvalue weighted by Gasteiger charge is -2.11. The second-order valence-electron chi connectivity index (χ2n) is 3.50. The van der Waals surface area contributed by atoms with Gasteiger partial charge in [-0.25, -0.2) is 4.79 Å². The quantitative estimate of drug-likeness (QED) is 0.774. The highest BCUT2D eigenvalue weighted by Crippen LogP contribution is 2.24. The van der Waals surface area contributed by atoms with E-state index in [1.807, 2.05) is 0 Å². The van der Waals surface area contributed by atoms with Crippen LogP contribution in [0.1, 0.15) is 17.3 Å². The van der Waals surface area contributed by atoms with Gasteiger partial charge in [0.1, 0.15) is 11.5 Å². The summed E-state index contributed by atoms with van der Waals surface area (Å²) in [6, 6.07) is 4.10. The number of nitrogens with zero attached hydrogens (tertiary/aromatic N) is 1. The molecule has 0 saturated carbocycles. The Labute approximate surface area is 93.2 Å². The minimum atomic E-state index is -0.546. The van der Waals surface area contributed by atoms with Gasteiger partial charge in [-0.2, -0.15) is 0 Å². The summed E-state index contributed by atoms with van der Waals surface area (Å²) in [5.74, 6) is -0.249. The molecule has 5 nitrogen and oxygen atoms in total. The molecule has 1 aromatic rings. The highest BCUT2D eigenvalue weighted by Gasteiger charge is 2.11. The van der Waals surface area contributed by atoms with Gasteiger partial charge in [-0.1, -0.05) is 0 Å². The van der Waals surface area contributed by atoms with Crippen LogP contribution in [0.3, 0.4) is 0 Å². The van der Waals surface area contributed by atoms with Gasteiger partial charge in [0, 0.05) is 20.2 Å². The van der Waals surface area contributed by atoms with Crippen LogP contribution in [0.15, 0.2) is 18.2 Å². The van der Waals surface area contributed by atoms with Crippen LogP contribution in [-0.2, 0) is 0 Å². The highest BCUT2D eigenvalue weighted by molar-refractivity contribution is 5.96. The Morgan fingerprint density at radius 1 is 1.31 bits per heavy atom. The summed E-state index contributed by atoms with van der Waals surface area (Å²) in [6.45, 7) is 1.35. The van der Waals surface area contributed by atoms with Crippen molar-refractivity contribution in [3.63, 3.8) is 0 Å². The average Bonchev–Trinajstić information content (AvgIpc) is 2.16. The Balaban J connectivity index is 2.90. The number of ether oxygens (including phenoxy) is 1. The number of carbonyl (C=O) groups excluding carboxylic acids is 2. The van der Waals surface area contributed by atoms with Crippen LogP contribution in [0.4, 0.5) is 4.79 Å². The number of benzene rings is 1. The van der Waals surface area contributed by atoms with Crippen LogP contribution < -0.4 is 4.74 Å². The molecule has 0 fully saturated rings. The number of carbonyl (C=O) groups is 2. The first-order valence-electron chi connectivity index (χ1n) is 4.65. The SMILES string of the molecule is CC(=O)c1ccc(OC(=O)N(C)C)cc1O. The zero-order valence-corrected chi connectivity index (χ0v) is 9.35. The molecular weight excluding hydrogens is 210 g/mol. The van der Waals surface area contributed by atoms with Crippen LogP contribution >= 0.6 is 0 Å². The van der Waals surface area contributed by atoms with Crippen molar-refractivity contribution in [2.75, 3.05) is 14.1 Å². The van der Waals surface area contributed by atoms with E-state index in [-0.39, 0.29) is 22.8 Å². The van der Waals surface area contributed by atoms with Crippen molar-refractivity contribution in [1.82, 2.24) is 4.90 Å². The third-order valence-electron chi connectivity index (χ3n) is 1.92. The number of aromatic hydroxyl groups is 1. The Morgan fingerprint density at radius 2 is 1.94 bits per heavy atom. The molecule has 16 heavy (non-hydrogen) atoms. The second-order valence-corrected chi connectivity index (χ2v) is 3.50. The number of Topliss-reactive ketones (excluding diaryl/α,β-unsaturated/α-hetero) is 1. The molecule has 0 unspecified atom stereocenters. The van der Waals surface area contributed by atoms with E-state index in [2.05, 4.69) is 0 Å². The fourth-order valence-corrected chi connectivity index (χ4v) is 1.06. The van der Waals surface area contributed by atoms with E-state index in [0.717, 1.165) is 0 Å². The van der Waals surface area contributed by atoms with Gasteiger partial charge in [0.25, 0.3) is 0 Å². The summed E-state index contributed by atoms with van der Waals surface area (Å²) in [4.78, 5) is 23.5. The number of amides is 1. The highest BCUT2D eigenvalue weighted by atomic mass is 16.6. The van der Waals surface area contributed by atoms with Gasteiger partial charge < -0.3 is 14.7 Å². The average molecular weight is 223 g/mol. The number of hydrogen-bond acceptors (Lipinski definition) is 4. The third-order valence-corrected chi connectivity index (χ3v) is 1.92. The second kappa shape index (κ2) is 4.65. The summed E-state index contributed by atoms with van der Waals surface area (Å²) in [7, 11) is 3.10. The lowest BCUT2D eigenvalue weighted by molar-refractivity contribution is 0.101. The zero-order chi connectivity index (χ0) is 12.3. The lowest BCUT2D eigenvalue weighted by atomic mass is 10.1. The van der Waals surface area contributed by atoms with E-state index in [9.17, 15) is 14.7 Å². The largest absolute Gasteiger partial charge is 0.507 e. The predicted octanol–water partition coefficient (Wildman–Crippen LogP) is 1.66. The lowest BCUT2D eigenvalue weighted by Crippen LogP contribution is -2.25. The van der Waals surface area contributed by atoms with Crippen LogP contribution in [0.5, 0.6) is 11.5 Å². The molecule has 1 aromatic carbocycles. The topological polar surface area (TPSA) is 66.8 Å². The van der Waals surface area contributed by atoms with Crippen molar-refractivity contribution in [3.8, 4) is 11.5 Å². The summed E-state index contributed by atoms with van der Waals surface area (Å²) in [5, 5.41) is 9.49. The first kappa shape index (κ1) is 12.0. The maximum absolute atomic E-state index is 11.2. The number of rotatable bonds is 2. The predicted molar refractivity (Wildman–Crippen MR) is 57.8 cm³/mol. The number of phenolic OH excluding ortho intramolecular Hbond substituents is 1. The maximum Gasteiger partial charge on any atom is 0.414 e. The fourth-order valence-electron chi connectivity index (χ4n) is 1.06. The Morgan fingerprint density at radius 3 is 2.38 bits per heavy atom. The monoisotopic (exact) mass is 223 g/mol. The van der Waals surface area contributed by atoms with E-state index in [0.29, 0.717) is 0 Å². The van der Waals surface area contributed by atoms with Gasteiger partial charge in [-0.15, -0.1) is 0 Å². The van der Waals surface area contributed by atoms with Crippen LogP contribution in [0.2, 0.25) is 0 Å². The molecule has 0 heterocycles. The van der Waals surface area contributed by atoms with Gasteiger partial charge in [-0.05, 0) is 19.1 Å². The van der Waals surface area contributed by atoms with Crippen molar-refractivity contribution < 1.29 is 19.4 Å². The molecule has 0 aliphatic carbocycles. The fraction of sp³-hybridized carbons (Fsp3) is 0.273. The van der Waals surface area contributed by atoms with Gasteiger partial charge in [0.15, 0.2) is 5.78 Å². The van der Waals surface area contributed by atoms with E-state index >= 15 is 0 Å². The van der Waals surface area contributed by atoms with Crippen molar-refractivity contribution in [2.45, 2.75) is 6.92 Å². The van der Waals surface area contributed by atoms with Gasteiger partial charge >= 0.3 is 6.09 Å². The van der Waals surface area contributed by atoms with Crippen molar-refractivity contribution in [2.24, 2.45) is 0 Å². The molecule has 0 saturated heterocycles. The summed E-state index contributed by atoms with van der Waals surface area (Å²) in [5.41, 5.74) is 0.199. The van der Waals surface area contributed by atoms with E-state index < -0.39 is 6.09 Å². The van der Waals surface area contributed by atoms with Crippen molar-refractivity contribution >= 4 is 11.9 Å². The number of ketones is 1. The summed E-state index contributed by atoms with van der Waals surface area (Å²) >= 11 is 0. The minimum absolute atomic E-state index is 0.196. The van der Waals surface area contributed by atoms with E-state index in [1.165, 1.54) is 30.0 Å². The van der Waals surface area contributed by atoms with Crippen molar-refractivity contribution in [1.29, 1.82) is 0 Å². The molecule has 1 rings (SSSR count). The first-order chi connectivity index (χ1) is 7.41. The van der Waals surface area contributed by atoms with Crippen LogP contribution in [0, 0.1) is 0 Å². The summed E-state index contributed by atoms with van der Waals surface area (Å²) < 4.78 is 4.91. The smallest absolute Gasteiger partial charge is 0.414 e. The molecule has 0 bridgehead atoms. The van der Waals surface area contributed by atoms with Crippen LogP contribution in [0.25, 0.3) is 0 Å². The van der Waals surface area contributed by atoms with E-state index in [4.69, 9.17) is 4.74 Å². The molecule has 86 valence electrons. The first-order valence-corrected chi connectivity index (χ1v) is 4.65. The van der Waals surface area contributed by atoms with Crippen LogP contribution in [-0.4, -0.2) is 36.0 Å². The standard InChI is InChI=1S/C11H13NO4/c1-7(13)9-5-4-8(6-10(9)14)16-11(15)12(2)3/h4-6,14H,1-3H3. The zero-order valence-electron chi connectivity index (χ0n) is 9.35. The van der Waals surface area contributed by atoms with Gasteiger partial charge in [-0.3, -0.25) is 4.79 Å². The number of phenols is 1. The Hall–Kier alpha value is -2.04. The molecule has 0 aromatic heterocycles. The van der Waals surface area contributed by atoms with Crippen molar-refractivity contribution in [3.05, 3.63) is 23.8 Å². The normalized spacial score (nSPS) is 9.69. The molecule has 1 amide bonds. The maximum atomic E-state index is 11.2. The molecule has 1 N–H and O–H groups in total. The molecule has 0 atom stereocenters. The molecule has 0 aliphatic heterocycles. The molecule has 0 spiro atoms. The molecule has 0 radical (unpaired) electrons. The molecule has 5 heteroatoms. The molecular formula is C11H13NO4. The van der Waals surface area contributed by atoms with Gasteiger partial charge in [0.05, 0.1) is 5.56 Å². The molecule has 0 aliphatic rings. The Bertz CT molecular complexity index is 426. The third kappa shape index (κ3) is 2.73. The Kier molecular flexibility index (Phi) is 3.50. The number of hydrogen-bond donors (Lipinski definition) is 1. The van der Waals surface area contributed by atoms with Gasteiger partial charge in [0.2, 0.25) is 0 Å².